The van der Waals surface area contributed by atoms with Gasteiger partial charge in [-0.05, 0) is 25.1 Å². The number of halogens is 1. The molecule has 18 heavy (non-hydrogen) atoms. The molecule has 1 aromatic rings. The lowest BCUT2D eigenvalue weighted by Crippen LogP contribution is -2.34. The van der Waals surface area contributed by atoms with E-state index >= 15 is 0 Å². The van der Waals surface area contributed by atoms with E-state index in [1.165, 1.54) is 0 Å². The summed E-state index contributed by atoms with van der Waals surface area (Å²) in [6, 6.07) is 7.70. The molecular formula is C13H18BrN3O. The molecule has 4 nitrogen and oxygen atoms in total. The summed E-state index contributed by atoms with van der Waals surface area (Å²) in [5.74, 6) is 1.24. The van der Waals surface area contributed by atoms with Crippen LogP contribution in [0.1, 0.15) is 6.92 Å². The van der Waals surface area contributed by atoms with Gasteiger partial charge < -0.3 is 15.8 Å². The first-order valence-corrected chi connectivity index (χ1v) is 6.44. The quantitative estimate of drug-likeness (QED) is 0.367. The summed E-state index contributed by atoms with van der Waals surface area (Å²) in [6.45, 7) is 7.35. The smallest absolute Gasteiger partial charge is 0.189 e. The number of ether oxygens (including phenoxy) is 1. The summed E-state index contributed by atoms with van der Waals surface area (Å²) in [6.07, 6.45) is 0. The van der Waals surface area contributed by atoms with Crippen LogP contribution in [0.25, 0.3) is 0 Å². The van der Waals surface area contributed by atoms with E-state index in [2.05, 4.69) is 32.8 Å². The van der Waals surface area contributed by atoms with Crippen LogP contribution in [0.4, 0.5) is 0 Å². The Kier molecular flexibility index (Phi) is 6.28. The van der Waals surface area contributed by atoms with Crippen molar-refractivity contribution >= 4 is 21.9 Å². The van der Waals surface area contributed by atoms with E-state index in [1.807, 2.05) is 31.2 Å². The predicted molar refractivity (Wildman–Crippen MR) is 78.9 cm³/mol. The SMILES string of the molecule is C=C(C)CN=C(N)NCCOc1cccc(Br)c1. The van der Waals surface area contributed by atoms with E-state index in [4.69, 9.17) is 10.5 Å². The van der Waals surface area contributed by atoms with E-state index in [1.54, 1.807) is 0 Å². The molecule has 3 N–H and O–H groups in total. The number of guanidine groups is 1. The molecule has 0 aliphatic carbocycles. The number of aliphatic imine (C=N–C) groups is 1. The highest BCUT2D eigenvalue weighted by molar-refractivity contribution is 9.10. The lowest BCUT2D eigenvalue weighted by Gasteiger charge is -2.08. The zero-order valence-electron chi connectivity index (χ0n) is 10.4. The molecule has 1 aromatic carbocycles. The lowest BCUT2D eigenvalue weighted by molar-refractivity contribution is 0.322. The summed E-state index contributed by atoms with van der Waals surface area (Å²) in [7, 11) is 0. The molecule has 0 radical (unpaired) electrons. The maximum atomic E-state index is 5.66. The Morgan fingerprint density at radius 2 is 2.33 bits per heavy atom. The average Bonchev–Trinajstić information content (AvgIpc) is 2.32. The monoisotopic (exact) mass is 311 g/mol. The van der Waals surface area contributed by atoms with Crippen LogP contribution in [0.15, 0.2) is 45.9 Å². The van der Waals surface area contributed by atoms with Gasteiger partial charge in [0.15, 0.2) is 5.96 Å². The zero-order chi connectivity index (χ0) is 13.4. The van der Waals surface area contributed by atoms with E-state index in [-0.39, 0.29) is 0 Å². The van der Waals surface area contributed by atoms with Crippen molar-refractivity contribution < 1.29 is 4.74 Å². The van der Waals surface area contributed by atoms with Crippen LogP contribution < -0.4 is 15.8 Å². The normalized spacial score (nSPS) is 11.1. The number of nitrogens with two attached hydrogens (primary N) is 1. The molecule has 0 atom stereocenters. The van der Waals surface area contributed by atoms with Crippen LogP contribution in [0.2, 0.25) is 0 Å². The summed E-state index contributed by atoms with van der Waals surface area (Å²) >= 11 is 3.39. The molecule has 0 spiro atoms. The standard InChI is InChI=1S/C13H18BrN3O/c1-10(2)9-17-13(15)16-6-7-18-12-5-3-4-11(14)8-12/h3-5,8H,1,6-7,9H2,2H3,(H3,15,16,17). The number of rotatable bonds is 6. The topological polar surface area (TPSA) is 59.6 Å². The van der Waals surface area contributed by atoms with Crippen LogP contribution in [0.5, 0.6) is 5.75 Å². The molecule has 0 aliphatic heterocycles. The Labute approximate surface area is 116 Å². The van der Waals surface area contributed by atoms with Crippen molar-refractivity contribution in [1.29, 1.82) is 0 Å². The number of hydrogen-bond acceptors (Lipinski definition) is 2. The zero-order valence-corrected chi connectivity index (χ0v) is 12.0. The first-order chi connectivity index (χ1) is 8.58. The van der Waals surface area contributed by atoms with Crippen molar-refractivity contribution in [2.24, 2.45) is 10.7 Å². The van der Waals surface area contributed by atoms with Gasteiger partial charge >= 0.3 is 0 Å². The fourth-order valence-electron chi connectivity index (χ4n) is 1.18. The number of benzene rings is 1. The summed E-state index contributed by atoms with van der Waals surface area (Å²) in [4.78, 5) is 4.10. The second-order valence-corrected chi connectivity index (χ2v) is 4.81. The Morgan fingerprint density at radius 3 is 3.00 bits per heavy atom. The molecule has 1 rings (SSSR count). The molecule has 5 heteroatoms. The van der Waals surface area contributed by atoms with E-state index in [0.29, 0.717) is 25.7 Å². The molecule has 0 bridgehead atoms. The third kappa shape index (κ3) is 6.30. The Balaban J connectivity index is 2.22. The second-order valence-electron chi connectivity index (χ2n) is 3.89. The van der Waals surface area contributed by atoms with Gasteiger partial charge in [-0.1, -0.05) is 34.1 Å². The molecule has 0 heterocycles. The van der Waals surface area contributed by atoms with Crippen molar-refractivity contribution in [3.63, 3.8) is 0 Å². The highest BCUT2D eigenvalue weighted by Crippen LogP contribution is 2.17. The van der Waals surface area contributed by atoms with Gasteiger partial charge in [0.05, 0.1) is 13.1 Å². The third-order valence-electron chi connectivity index (χ3n) is 1.99. The van der Waals surface area contributed by atoms with Gasteiger partial charge in [-0.25, -0.2) is 4.99 Å². The first-order valence-electron chi connectivity index (χ1n) is 5.64. The van der Waals surface area contributed by atoms with Crippen LogP contribution in [0.3, 0.4) is 0 Å². The Morgan fingerprint density at radius 1 is 1.56 bits per heavy atom. The van der Waals surface area contributed by atoms with Gasteiger partial charge in [0.2, 0.25) is 0 Å². The molecule has 0 saturated heterocycles. The summed E-state index contributed by atoms with van der Waals surface area (Å²) in [5, 5.41) is 2.97. The highest BCUT2D eigenvalue weighted by Gasteiger charge is 1.95. The van der Waals surface area contributed by atoms with Crippen LogP contribution in [-0.2, 0) is 0 Å². The highest BCUT2D eigenvalue weighted by atomic mass is 79.9. The van der Waals surface area contributed by atoms with Gasteiger partial charge in [-0.3, -0.25) is 0 Å². The molecule has 0 aromatic heterocycles. The Bertz CT molecular complexity index is 432. The molecule has 0 unspecified atom stereocenters. The van der Waals surface area contributed by atoms with Crippen molar-refractivity contribution in [2.45, 2.75) is 6.92 Å². The van der Waals surface area contributed by atoms with E-state index in [0.717, 1.165) is 15.8 Å². The van der Waals surface area contributed by atoms with Crippen molar-refractivity contribution in [3.8, 4) is 5.75 Å². The maximum absolute atomic E-state index is 5.66. The van der Waals surface area contributed by atoms with Crippen molar-refractivity contribution in [1.82, 2.24) is 5.32 Å². The molecular weight excluding hydrogens is 294 g/mol. The molecule has 0 amide bonds. The largest absolute Gasteiger partial charge is 0.492 e. The van der Waals surface area contributed by atoms with Crippen LogP contribution in [0, 0.1) is 0 Å². The molecule has 0 fully saturated rings. The van der Waals surface area contributed by atoms with Crippen molar-refractivity contribution in [3.05, 3.63) is 40.9 Å². The number of nitrogens with zero attached hydrogens (tertiary/aromatic N) is 1. The third-order valence-corrected chi connectivity index (χ3v) is 2.49. The van der Waals surface area contributed by atoms with Gasteiger partial charge in [0, 0.05) is 4.47 Å². The lowest BCUT2D eigenvalue weighted by atomic mass is 10.3. The van der Waals surface area contributed by atoms with Gasteiger partial charge in [-0.2, -0.15) is 0 Å². The van der Waals surface area contributed by atoms with Gasteiger partial charge in [0.25, 0.3) is 0 Å². The maximum Gasteiger partial charge on any atom is 0.189 e. The fourth-order valence-corrected chi connectivity index (χ4v) is 1.56. The number of hydrogen-bond donors (Lipinski definition) is 2. The minimum atomic E-state index is 0.413. The van der Waals surface area contributed by atoms with Gasteiger partial charge in [-0.15, -0.1) is 0 Å². The molecule has 0 saturated carbocycles. The van der Waals surface area contributed by atoms with Crippen molar-refractivity contribution in [2.75, 3.05) is 19.7 Å². The average molecular weight is 312 g/mol. The number of nitrogens with one attached hydrogen (secondary N) is 1. The van der Waals surface area contributed by atoms with E-state index in [9.17, 15) is 0 Å². The summed E-state index contributed by atoms with van der Waals surface area (Å²) < 4.78 is 6.54. The predicted octanol–water partition coefficient (Wildman–Crippen LogP) is 2.31. The van der Waals surface area contributed by atoms with E-state index < -0.39 is 0 Å². The molecule has 98 valence electrons. The van der Waals surface area contributed by atoms with Crippen LogP contribution in [-0.4, -0.2) is 25.7 Å². The second kappa shape index (κ2) is 7.76. The summed E-state index contributed by atoms with van der Waals surface area (Å²) in [5.41, 5.74) is 6.64. The first kappa shape index (κ1) is 14.6. The van der Waals surface area contributed by atoms with Gasteiger partial charge in [0.1, 0.15) is 12.4 Å². The molecule has 0 aliphatic rings. The fraction of sp³-hybridized carbons (Fsp3) is 0.308. The minimum Gasteiger partial charge on any atom is -0.492 e. The minimum absolute atomic E-state index is 0.413. The Hall–Kier alpha value is -1.49. The van der Waals surface area contributed by atoms with Crippen LogP contribution >= 0.6 is 15.9 Å².